The fourth-order valence-corrected chi connectivity index (χ4v) is 3.68. The molecule has 6 nitrogen and oxygen atoms in total. The molecule has 0 saturated carbocycles. The minimum atomic E-state index is -4.81. The molecular formula is C23H21F3N4O2. The number of halogens is 3. The zero-order valence-corrected chi connectivity index (χ0v) is 17.5. The van der Waals surface area contributed by atoms with Crippen molar-refractivity contribution in [3.05, 3.63) is 59.3 Å². The molecule has 4 rings (SSSR count). The van der Waals surface area contributed by atoms with E-state index in [1.165, 1.54) is 18.2 Å². The largest absolute Gasteiger partial charge is 0.573 e. The molecule has 0 unspecified atom stereocenters. The molecule has 0 aliphatic carbocycles. The van der Waals surface area contributed by atoms with Gasteiger partial charge in [-0.05, 0) is 56.8 Å². The third kappa shape index (κ3) is 4.70. The van der Waals surface area contributed by atoms with Crippen LogP contribution in [0.1, 0.15) is 28.0 Å². The molecule has 1 atom stereocenters. The van der Waals surface area contributed by atoms with E-state index in [2.05, 4.69) is 31.7 Å². The summed E-state index contributed by atoms with van der Waals surface area (Å²) in [5.74, 6) is 5.04. The van der Waals surface area contributed by atoms with Crippen molar-refractivity contribution in [3.63, 3.8) is 0 Å². The highest BCUT2D eigenvalue weighted by Crippen LogP contribution is 2.26. The zero-order valence-electron chi connectivity index (χ0n) is 17.5. The molecule has 1 aliphatic rings. The lowest BCUT2D eigenvalue weighted by atomic mass is 10.1. The molecule has 1 amide bonds. The Bertz CT molecular complexity index is 1210. The number of ether oxygens (including phenoxy) is 1. The van der Waals surface area contributed by atoms with Crippen molar-refractivity contribution in [1.29, 1.82) is 0 Å². The Kier molecular flexibility index (Phi) is 5.80. The molecule has 1 fully saturated rings. The molecule has 1 N–H and O–H groups in total. The summed E-state index contributed by atoms with van der Waals surface area (Å²) in [6, 6.07) is 11.2. The summed E-state index contributed by atoms with van der Waals surface area (Å²) in [6.07, 6.45) is -3.89. The lowest BCUT2D eigenvalue weighted by Gasteiger charge is -2.20. The minimum absolute atomic E-state index is 0.0692. The van der Waals surface area contributed by atoms with Crippen molar-refractivity contribution < 1.29 is 22.7 Å². The number of amides is 1. The van der Waals surface area contributed by atoms with E-state index in [1.807, 2.05) is 19.0 Å². The first-order valence-electron chi connectivity index (χ1n) is 10.0. The quantitative estimate of drug-likeness (QED) is 0.630. The molecule has 2 aromatic carbocycles. The number of aromatic nitrogens is 2. The number of hydrogen-bond acceptors (Lipinski definition) is 4. The van der Waals surface area contributed by atoms with Gasteiger partial charge < -0.3 is 14.5 Å². The van der Waals surface area contributed by atoms with Crippen LogP contribution in [0.4, 0.5) is 13.2 Å². The SMILES string of the molecule is CN(C)[C@H]1CCN(C(=O)c2ccc3[nH]nc(C#Cc4ccccc4OC(F)(F)F)c3c2)C1. The number of aromatic amines is 1. The van der Waals surface area contributed by atoms with Crippen LogP contribution in [0, 0.1) is 11.8 Å². The maximum Gasteiger partial charge on any atom is 0.573 e. The van der Waals surface area contributed by atoms with E-state index in [4.69, 9.17) is 0 Å². The molecule has 1 saturated heterocycles. The van der Waals surface area contributed by atoms with Gasteiger partial charge in [0.2, 0.25) is 0 Å². The average Bonchev–Trinajstić information content (AvgIpc) is 3.39. The number of carbonyl (C=O) groups is 1. The Hall–Kier alpha value is -3.51. The van der Waals surface area contributed by atoms with Crippen LogP contribution in [0.15, 0.2) is 42.5 Å². The van der Waals surface area contributed by atoms with Gasteiger partial charge in [0, 0.05) is 30.1 Å². The van der Waals surface area contributed by atoms with E-state index in [1.54, 1.807) is 24.3 Å². The molecule has 0 bridgehead atoms. The van der Waals surface area contributed by atoms with Gasteiger partial charge in [0.1, 0.15) is 11.4 Å². The fraction of sp³-hybridized carbons (Fsp3) is 0.304. The second kappa shape index (κ2) is 8.55. The van der Waals surface area contributed by atoms with Crippen LogP contribution >= 0.6 is 0 Å². The van der Waals surface area contributed by atoms with Gasteiger partial charge in [0.15, 0.2) is 0 Å². The maximum absolute atomic E-state index is 13.0. The predicted octanol–water partition coefficient (Wildman–Crippen LogP) is 3.64. The second-order valence-corrected chi connectivity index (χ2v) is 7.78. The smallest absolute Gasteiger partial charge is 0.404 e. The van der Waals surface area contributed by atoms with Crippen LogP contribution < -0.4 is 4.74 Å². The van der Waals surface area contributed by atoms with Crippen molar-refractivity contribution in [2.24, 2.45) is 0 Å². The summed E-state index contributed by atoms with van der Waals surface area (Å²) in [6.45, 7) is 1.35. The third-order valence-corrected chi connectivity index (χ3v) is 5.42. The van der Waals surface area contributed by atoms with Crippen LogP contribution in [-0.4, -0.2) is 65.5 Å². The highest BCUT2D eigenvalue weighted by atomic mass is 19.4. The predicted molar refractivity (Wildman–Crippen MR) is 113 cm³/mol. The molecule has 166 valence electrons. The molecule has 3 aromatic rings. The molecule has 0 radical (unpaired) electrons. The van der Waals surface area contributed by atoms with Crippen molar-refractivity contribution in [2.45, 2.75) is 18.8 Å². The lowest BCUT2D eigenvalue weighted by Crippen LogP contribution is -2.34. The summed E-state index contributed by atoms with van der Waals surface area (Å²) in [7, 11) is 4.00. The van der Waals surface area contributed by atoms with Crippen LogP contribution in [0.25, 0.3) is 10.9 Å². The van der Waals surface area contributed by atoms with Crippen molar-refractivity contribution in [1.82, 2.24) is 20.0 Å². The number of alkyl halides is 3. The van der Waals surface area contributed by atoms with E-state index in [-0.39, 0.29) is 17.2 Å². The second-order valence-electron chi connectivity index (χ2n) is 7.78. The van der Waals surface area contributed by atoms with Gasteiger partial charge in [0.05, 0.1) is 11.1 Å². The Balaban J connectivity index is 1.61. The highest BCUT2D eigenvalue weighted by molar-refractivity contribution is 5.99. The number of hydrogen-bond donors (Lipinski definition) is 1. The molecule has 2 heterocycles. The van der Waals surface area contributed by atoms with Gasteiger partial charge in [-0.25, -0.2) is 0 Å². The van der Waals surface area contributed by atoms with Crippen LogP contribution in [0.5, 0.6) is 5.75 Å². The number of carbonyl (C=O) groups excluding carboxylic acids is 1. The van der Waals surface area contributed by atoms with Crippen LogP contribution in [0.2, 0.25) is 0 Å². The average molecular weight is 442 g/mol. The van der Waals surface area contributed by atoms with Gasteiger partial charge in [-0.15, -0.1) is 13.2 Å². The molecule has 32 heavy (non-hydrogen) atoms. The first kappa shape index (κ1) is 21.7. The van der Waals surface area contributed by atoms with Gasteiger partial charge in [-0.1, -0.05) is 18.1 Å². The fourth-order valence-electron chi connectivity index (χ4n) is 3.68. The normalized spacial score (nSPS) is 16.3. The van der Waals surface area contributed by atoms with Crippen molar-refractivity contribution in [2.75, 3.05) is 27.2 Å². The van der Waals surface area contributed by atoms with Crippen molar-refractivity contribution in [3.8, 4) is 17.6 Å². The Morgan fingerprint density at radius 3 is 2.72 bits per heavy atom. The van der Waals surface area contributed by atoms with E-state index < -0.39 is 6.36 Å². The Morgan fingerprint density at radius 1 is 1.22 bits per heavy atom. The number of likely N-dealkylation sites (N-methyl/N-ethyl adjacent to an activating group) is 1. The minimum Gasteiger partial charge on any atom is -0.404 e. The number of H-pyrrole nitrogens is 1. The van der Waals surface area contributed by atoms with E-state index in [0.717, 1.165) is 6.42 Å². The van der Waals surface area contributed by atoms with Gasteiger partial charge >= 0.3 is 6.36 Å². The lowest BCUT2D eigenvalue weighted by molar-refractivity contribution is -0.274. The van der Waals surface area contributed by atoms with Gasteiger partial charge in [-0.2, -0.15) is 5.10 Å². The van der Waals surface area contributed by atoms with Crippen LogP contribution in [-0.2, 0) is 0 Å². The number of rotatable bonds is 3. The topological polar surface area (TPSA) is 61.5 Å². The first-order valence-corrected chi connectivity index (χ1v) is 10.0. The number of likely N-dealkylation sites (tertiary alicyclic amines) is 1. The summed E-state index contributed by atoms with van der Waals surface area (Å²) in [5.41, 5.74) is 1.62. The molecule has 0 spiro atoms. The monoisotopic (exact) mass is 442 g/mol. The standard InChI is InChI=1S/C23H21F3N4O2/c1-29(2)17-11-12-30(14-17)22(31)16-8-10-20-18(13-16)19(27-28-20)9-7-15-5-3-4-6-21(15)32-23(24,25)26/h3-6,8,10,13,17H,11-12,14H2,1-2H3,(H,27,28)/t17-/m0/s1. The van der Waals surface area contributed by atoms with E-state index in [9.17, 15) is 18.0 Å². The number of nitrogens with zero attached hydrogens (tertiary/aromatic N) is 3. The van der Waals surface area contributed by atoms with E-state index >= 15 is 0 Å². The number of para-hydroxylation sites is 1. The summed E-state index contributed by atoms with van der Waals surface area (Å²) < 4.78 is 41.9. The highest BCUT2D eigenvalue weighted by Gasteiger charge is 2.32. The maximum atomic E-state index is 13.0. The molecule has 1 aliphatic heterocycles. The zero-order chi connectivity index (χ0) is 22.9. The molecular weight excluding hydrogens is 421 g/mol. The number of fused-ring (bicyclic) bond motifs is 1. The summed E-state index contributed by atoms with van der Waals surface area (Å²) >= 11 is 0. The summed E-state index contributed by atoms with van der Waals surface area (Å²) in [5, 5.41) is 7.62. The van der Waals surface area contributed by atoms with Crippen LogP contribution in [0.3, 0.4) is 0 Å². The van der Waals surface area contributed by atoms with E-state index in [0.29, 0.717) is 41.3 Å². The third-order valence-electron chi connectivity index (χ3n) is 5.42. The molecule has 9 heteroatoms. The van der Waals surface area contributed by atoms with Gasteiger partial charge in [0.25, 0.3) is 5.91 Å². The first-order chi connectivity index (χ1) is 15.2. The van der Waals surface area contributed by atoms with Gasteiger partial charge in [-0.3, -0.25) is 9.89 Å². The summed E-state index contributed by atoms with van der Waals surface area (Å²) in [4.78, 5) is 16.9. The number of benzene rings is 2. The number of nitrogens with one attached hydrogen (secondary N) is 1. The van der Waals surface area contributed by atoms with Crippen molar-refractivity contribution >= 4 is 16.8 Å². The Morgan fingerprint density at radius 2 is 2.00 bits per heavy atom. The Labute approximate surface area is 183 Å². The molecule has 1 aromatic heterocycles.